The number of aliphatic hydroxyl groups is 3. The largest absolute Gasteiger partial charge is 0.394 e. The molecule has 0 aromatic rings. The highest BCUT2D eigenvalue weighted by Gasteiger charge is 2.43. The molecule has 9 nitrogen and oxygen atoms in total. The molecule has 2 heterocycles. The monoisotopic (exact) mass is 246 g/mol. The molecule has 0 bridgehead atoms. The van der Waals surface area contributed by atoms with E-state index in [1.54, 1.807) is 0 Å². The second-order valence-corrected chi connectivity index (χ2v) is 3.66. The molecule has 0 spiro atoms. The zero-order chi connectivity index (χ0) is 12.4. The molecule has 96 valence electrons. The number of carbonyl (C=O) groups excluding carboxylic acids is 1. The zero-order valence-corrected chi connectivity index (χ0v) is 8.78. The lowest BCUT2D eigenvalue weighted by atomic mass is 10.1. The molecule has 0 saturated carbocycles. The molecule has 0 aliphatic carbocycles. The summed E-state index contributed by atoms with van der Waals surface area (Å²) in [5, 5.41) is 31.6. The van der Waals surface area contributed by atoms with Crippen molar-refractivity contribution < 1.29 is 24.9 Å². The minimum absolute atomic E-state index is 0.403. The summed E-state index contributed by atoms with van der Waals surface area (Å²) >= 11 is 0. The average molecular weight is 246 g/mol. The van der Waals surface area contributed by atoms with Crippen LogP contribution in [0.5, 0.6) is 0 Å². The Bertz CT molecular complexity index is 325. The van der Waals surface area contributed by atoms with E-state index in [0.29, 0.717) is 0 Å². The SMILES string of the molecule is O=C1NC=CN(N[C@H]2O[C@H](CO)[C@@H](O)[C@@H]2O)N1. The van der Waals surface area contributed by atoms with Gasteiger partial charge in [-0.25, -0.2) is 15.3 Å². The summed E-state index contributed by atoms with van der Waals surface area (Å²) in [5.41, 5.74) is 4.99. The van der Waals surface area contributed by atoms with Crippen LogP contribution in [0.15, 0.2) is 12.4 Å². The standard InChI is InChI=1S/C8H14N4O5/c13-3-4-5(14)6(15)7(17-4)10-12-2-1-9-8(16)11-12/h1-2,4-7,10,13-15H,3H2,(H2,9,11,16)/t4-,5-,6+,7+/m1/s1. The number of ether oxygens (including phenoxy) is 1. The lowest BCUT2D eigenvalue weighted by Crippen LogP contribution is -2.58. The number of hydrazine groups is 2. The predicted molar refractivity (Wildman–Crippen MR) is 53.5 cm³/mol. The average Bonchev–Trinajstić information content (AvgIpc) is 2.57. The Kier molecular flexibility index (Phi) is 3.45. The van der Waals surface area contributed by atoms with E-state index in [1.165, 1.54) is 17.5 Å². The summed E-state index contributed by atoms with van der Waals surface area (Å²) in [7, 11) is 0. The first-order valence-corrected chi connectivity index (χ1v) is 5.03. The van der Waals surface area contributed by atoms with Gasteiger partial charge in [0.1, 0.15) is 18.3 Å². The van der Waals surface area contributed by atoms with Gasteiger partial charge in [-0.05, 0) is 0 Å². The van der Waals surface area contributed by atoms with Gasteiger partial charge in [-0.1, -0.05) is 0 Å². The normalized spacial score (nSPS) is 36.9. The summed E-state index contributed by atoms with van der Waals surface area (Å²) in [6.07, 6.45) is -1.33. The maximum Gasteiger partial charge on any atom is 0.338 e. The van der Waals surface area contributed by atoms with Gasteiger partial charge in [-0.3, -0.25) is 0 Å². The van der Waals surface area contributed by atoms with Gasteiger partial charge in [0.2, 0.25) is 0 Å². The maximum absolute atomic E-state index is 11.0. The molecular formula is C8H14N4O5. The van der Waals surface area contributed by atoms with Crippen molar-refractivity contribution in [1.29, 1.82) is 0 Å². The van der Waals surface area contributed by atoms with E-state index in [9.17, 15) is 15.0 Å². The van der Waals surface area contributed by atoms with Crippen molar-refractivity contribution in [2.75, 3.05) is 6.61 Å². The molecule has 2 aliphatic heterocycles. The van der Waals surface area contributed by atoms with E-state index in [-0.39, 0.29) is 0 Å². The fourth-order valence-electron chi connectivity index (χ4n) is 1.58. The highest BCUT2D eigenvalue weighted by atomic mass is 16.6. The molecule has 4 atom stereocenters. The van der Waals surface area contributed by atoms with Crippen LogP contribution in [0, 0.1) is 0 Å². The first-order chi connectivity index (χ1) is 8.11. The van der Waals surface area contributed by atoms with Crippen molar-refractivity contribution in [2.45, 2.75) is 24.5 Å². The number of hydrogen-bond donors (Lipinski definition) is 6. The first-order valence-electron chi connectivity index (χ1n) is 5.03. The Hall–Kier alpha value is -1.39. The molecule has 9 heteroatoms. The van der Waals surface area contributed by atoms with Crippen LogP contribution >= 0.6 is 0 Å². The summed E-state index contributed by atoms with van der Waals surface area (Å²) in [6, 6.07) is -0.452. The van der Waals surface area contributed by atoms with Crippen LogP contribution in [0.1, 0.15) is 0 Å². The van der Waals surface area contributed by atoms with Gasteiger partial charge in [0.25, 0.3) is 0 Å². The summed E-state index contributed by atoms with van der Waals surface area (Å²) < 4.78 is 5.16. The molecule has 2 rings (SSSR count). The van der Waals surface area contributed by atoms with Crippen molar-refractivity contribution in [3.63, 3.8) is 0 Å². The molecule has 17 heavy (non-hydrogen) atoms. The minimum atomic E-state index is -1.20. The topological polar surface area (TPSA) is 126 Å². The number of nitrogens with zero attached hydrogens (tertiary/aromatic N) is 1. The van der Waals surface area contributed by atoms with E-state index in [2.05, 4.69) is 16.2 Å². The second-order valence-electron chi connectivity index (χ2n) is 3.66. The highest BCUT2D eigenvalue weighted by molar-refractivity contribution is 5.75. The molecule has 0 unspecified atom stereocenters. The molecule has 0 radical (unpaired) electrons. The lowest BCUT2D eigenvalue weighted by Gasteiger charge is -2.28. The fraction of sp³-hybridized carbons (Fsp3) is 0.625. The van der Waals surface area contributed by atoms with Gasteiger partial charge in [0, 0.05) is 6.20 Å². The molecule has 0 aromatic heterocycles. The van der Waals surface area contributed by atoms with Gasteiger partial charge in [-0.15, -0.1) is 0 Å². The Morgan fingerprint density at radius 2 is 2.24 bits per heavy atom. The number of urea groups is 1. The highest BCUT2D eigenvalue weighted by Crippen LogP contribution is 2.19. The number of hydrogen-bond acceptors (Lipinski definition) is 7. The van der Waals surface area contributed by atoms with Crippen LogP contribution in [-0.2, 0) is 4.74 Å². The molecule has 2 amide bonds. The Morgan fingerprint density at radius 3 is 2.82 bits per heavy atom. The van der Waals surface area contributed by atoms with Crippen LogP contribution in [0.25, 0.3) is 0 Å². The Morgan fingerprint density at radius 1 is 1.47 bits per heavy atom. The van der Waals surface area contributed by atoms with E-state index < -0.39 is 37.2 Å². The van der Waals surface area contributed by atoms with Crippen molar-refractivity contribution in [1.82, 2.24) is 21.3 Å². The Balaban J connectivity index is 1.93. The number of nitrogens with one attached hydrogen (secondary N) is 3. The smallest absolute Gasteiger partial charge is 0.338 e. The molecule has 1 fully saturated rings. The quantitative estimate of drug-likeness (QED) is 0.312. The summed E-state index contributed by atoms with van der Waals surface area (Å²) in [4.78, 5) is 11.0. The van der Waals surface area contributed by atoms with Crippen LogP contribution in [0.3, 0.4) is 0 Å². The van der Waals surface area contributed by atoms with Crippen molar-refractivity contribution in [3.05, 3.63) is 12.4 Å². The van der Waals surface area contributed by atoms with Crippen LogP contribution in [0.2, 0.25) is 0 Å². The Labute approximate surface area is 96.6 Å². The molecule has 1 saturated heterocycles. The van der Waals surface area contributed by atoms with E-state index in [1.807, 2.05) is 0 Å². The zero-order valence-electron chi connectivity index (χ0n) is 8.78. The first kappa shape index (κ1) is 12.1. The number of aliphatic hydroxyl groups excluding tert-OH is 3. The number of carbonyl (C=O) groups is 1. The number of rotatable bonds is 3. The van der Waals surface area contributed by atoms with Gasteiger partial charge in [0.15, 0.2) is 6.23 Å². The van der Waals surface area contributed by atoms with E-state index in [0.717, 1.165) is 0 Å². The van der Waals surface area contributed by atoms with Crippen molar-refractivity contribution >= 4 is 6.03 Å². The third kappa shape index (κ3) is 2.48. The fourth-order valence-corrected chi connectivity index (χ4v) is 1.58. The number of amides is 2. The summed E-state index contributed by atoms with van der Waals surface area (Å²) in [6.45, 7) is -0.403. The molecule has 6 N–H and O–H groups in total. The minimum Gasteiger partial charge on any atom is -0.394 e. The van der Waals surface area contributed by atoms with Gasteiger partial charge >= 0.3 is 6.03 Å². The maximum atomic E-state index is 11.0. The second kappa shape index (κ2) is 4.85. The van der Waals surface area contributed by atoms with Crippen LogP contribution in [0.4, 0.5) is 4.79 Å². The lowest BCUT2D eigenvalue weighted by molar-refractivity contribution is -0.0648. The van der Waals surface area contributed by atoms with Crippen molar-refractivity contribution in [3.8, 4) is 0 Å². The molecular weight excluding hydrogens is 232 g/mol. The van der Waals surface area contributed by atoms with Gasteiger partial charge in [-0.2, -0.15) is 5.43 Å². The van der Waals surface area contributed by atoms with Gasteiger partial charge < -0.3 is 25.4 Å². The third-order valence-electron chi connectivity index (χ3n) is 2.47. The summed E-state index contributed by atoms with van der Waals surface area (Å²) in [5.74, 6) is 0. The van der Waals surface area contributed by atoms with Gasteiger partial charge in [0.05, 0.1) is 12.8 Å². The van der Waals surface area contributed by atoms with Crippen molar-refractivity contribution in [2.24, 2.45) is 0 Å². The van der Waals surface area contributed by atoms with Crippen LogP contribution < -0.4 is 16.2 Å². The van der Waals surface area contributed by atoms with E-state index >= 15 is 0 Å². The molecule has 2 aliphatic rings. The third-order valence-corrected chi connectivity index (χ3v) is 2.47. The molecule has 0 aromatic carbocycles. The van der Waals surface area contributed by atoms with Crippen LogP contribution in [-0.4, -0.2) is 57.6 Å². The van der Waals surface area contributed by atoms with E-state index in [4.69, 9.17) is 9.84 Å². The predicted octanol–water partition coefficient (Wildman–Crippen LogP) is -3.07.